The lowest BCUT2D eigenvalue weighted by atomic mass is 10.1. The molecule has 0 spiro atoms. The van der Waals surface area contributed by atoms with E-state index in [9.17, 15) is 38.4 Å². The number of carbonyl (C=O) groups excluding carboxylic acids is 6. The van der Waals surface area contributed by atoms with E-state index in [-0.39, 0.29) is 22.6 Å². The number of esters is 6. The molecular weight excluding hydrogens is 724 g/mol. The fourth-order valence-electron chi connectivity index (χ4n) is 6.43. The first-order valence-electron chi connectivity index (χ1n) is 16.3. The average Bonchev–Trinajstić information content (AvgIpc) is 3.79. The first kappa shape index (κ1) is 37.6. The van der Waals surface area contributed by atoms with Crippen molar-refractivity contribution < 1.29 is 66.7 Å². The molecule has 0 aliphatic carbocycles. The Morgan fingerprint density at radius 3 is 1.26 bits per heavy atom. The van der Waals surface area contributed by atoms with Crippen molar-refractivity contribution in [2.24, 2.45) is 0 Å². The highest BCUT2D eigenvalue weighted by atomic mass is 16.7. The summed E-state index contributed by atoms with van der Waals surface area (Å²) in [6, 6.07) is 2.79. The van der Waals surface area contributed by atoms with E-state index in [2.05, 4.69) is 9.97 Å². The van der Waals surface area contributed by atoms with Crippen molar-refractivity contribution in [2.75, 3.05) is 13.2 Å². The molecule has 6 heterocycles. The number of hydrogen-bond acceptors (Lipinski definition) is 18. The highest BCUT2D eigenvalue weighted by Crippen LogP contribution is 2.35. The van der Waals surface area contributed by atoms with E-state index in [1.807, 2.05) is 0 Å². The maximum absolute atomic E-state index is 14.4. The number of nitrogens with zero attached hydrogens (tertiary/aromatic N) is 6. The van der Waals surface area contributed by atoms with Crippen molar-refractivity contribution in [2.45, 2.75) is 90.6 Å². The molecule has 6 rings (SSSR count). The third kappa shape index (κ3) is 7.11. The highest BCUT2D eigenvalue weighted by molar-refractivity contribution is 5.78. The summed E-state index contributed by atoms with van der Waals surface area (Å²) >= 11 is 0. The van der Waals surface area contributed by atoms with Crippen molar-refractivity contribution >= 4 is 58.4 Å². The minimum Gasteiger partial charge on any atom is -0.463 e. The molecule has 4 aromatic rings. The van der Waals surface area contributed by atoms with Gasteiger partial charge >= 0.3 is 47.2 Å². The smallest absolute Gasteiger partial charge is 0.337 e. The third-order valence-corrected chi connectivity index (χ3v) is 8.34. The van der Waals surface area contributed by atoms with Gasteiger partial charge in [-0.05, 0) is 12.1 Å². The van der Waals surface area contributed by atoms with E-state index >= 15 is 0 Å². The molecule has 0 aromatic carbocycles. The first-order valence-corrected chi connectivity index (χ1v) is 16.3. The second kappa shape index (κ2) is 14.7. The summed E-state index contributed by atoms with van der Waals surface area (Å²) in [5.41, 5.74) is -1.81. The van der Waals surface area contributed by atoms with Gasteiger partial charge in [0.25, 0.3) is 0 Å². The van der Waals surface area contributed by atoms with Crippen molar-refractivity contribution in [1.29, 1.82) is 0 Å². The lowest BCUT2D eigenvalue weighted by Crippen LogP contribution is -2.42. The Morgan fingerprint density at radius 2 is 0.926 bits per heavy atom. The number of ether oxygens (including phenoxy) is 8. The van der Waals surface area contributed by atoms with Crippen LogP contribution in [-0.4, -0.2) is 114 Å². The molecular formula is C32H34N6O16. The fourth-order valence-corrected chi connectivity index (χ4v) is 6.43. The number of aromatic nitrogens is 6. The standard InChI is InChI=1S/C32H34N6O16/c1-13(39)47-11-19-23(49-15(3)41)25(51-17(5)43)29(53-19)35-9-7-21-33-27-28(37(21)31(35)45)38-22(34-27)8-10-36(32(38)46)30-26(52-18(6)44)24(50-16(4)42)20(54-30)12-48-14(2)40/h7-10,19-20,23-26,29-30H,11-12H2,1-6H3/t19-,20-,23-,24-,25-,26-,29-,30-/m1/s1. The van der Waals surface area contributed by atoms with Gasteiger partial charge in [-0.15, -0.1) is 0 Å². The van der Waals surface area contributed by atoms with Gasteiger partial charge in [-0.3, -0.25) is 37.9 Å². The molecule has 54 heavy (non-hydrogen) atoms. The Hall–Kier alpha value is -6.16. The van der Waals surface area contributed by atoms with Crippen LogP contribution in [-0.2, 0) is 66.7 Å². The van der Waals surface area contributed by atoms with E-state index in [1.165, 1.54) is 24.5 Å². The molecule has 0 saturated carbocycles. The maximum atomic E-state index is 14.4. The van der Waals surface area contributed by atoms with Gasteiger partial charge in [-0.2, -0.15) is 0 Å². The van der Waals surface area contributed by atoms with Crippen molar-refractivity contribution in [3.05, 3.63) is 45.5 Å². The predicted octanol–water partition coefficient (Wildman–Crippen LogP) is -0.894. The quantitative estimate of drug-likeness (QED) is 0.140. The summed E-state index contributed by atoms with van der Waals surface area (Å²) in [7, 11) is 0. The molecule has 288 valence electrons. The summed E-state index contributed by atoms with van der Waals surface area (Å²) in [6.45, 7) is 5.89. The molecule has 4 aromatic heterocycles. The van der Waals surface area contributed by atoms with Gasteiger partial charge in [0.05, 0.1) is 0 Å². The zero-order valence-electron chi connectivity index (χ0n) is 29.6. The van der Waals surface area contributed by atoms with Crippen molar-refractivity contribution in [3.63, 3.8) is 0 Å². The summed E-state index contributed by atoms with van der Waals surface area (Å²) < 4.78 is 48.1. The third-order valence-electron chi connectivity index (χ3n) is 8.34. The molecule has 2 aliphatic heterocycles. The maximum Gasteiger partial charge on any atom is 0.337 e. The van der Waals surface area contributed by atoms with Gasteiger partial charge < -0.3 is 37.9 Å². The largest absolute Gasteiger partial charge is 0.463 e. The van der Waals surface area contributed by atoms with E-state index in [4.69, 9.17) is 37.9 Å². The summed E-state index contributed by atoms with van der Waals surface area (Å²) in [5.74, 6) is -4.48. The summed E-state index contributed by atoms with van der Waals surface area (Å²) in [5, 5.41) is 0. The SMILES string of the molecule is CC(=O)OC[C@H]1O[C@@H](n2ccc3nc4nc5ccn([C@@H]6O[C@H](COC(C)=O)[C@@H](OC(C)=O)[C@H]6OC(C)=O)c(=O)n5c4n3c2=O)[C@H](OC(C)=O)[C@@H]1OC(C)=O. The van der Waals surface area contributed by atoms with E-state index in [0.29, 0.717) is 0 Å². The fraction of sp³-hybridized carbons (Fsp3) is 0.500. The first-order chi connectivity index (χ1) is 25.5. The van der Waals surface area contributed by atoms with Crippen LogP contribution in [0.25, 0.3) is 22.6 Å². The van der Waals surface area contributed by atoms with Gasteiger partial charge in [-0.25, -0.2) is 28.4 Å². The van der Waals surface area contributed by atoms with Gasteiger partial charge in [-0.1, -0.05) is 0 Å². The number of fused-ring (bicyclic) bond motifs is 5. The van der Waals surface area contributed by atoms with Crippen molar-refractivity contribution in [1.82, 2.24) is 27.9 Å². The zero-order chi connectivity index (χ0) is 39.2. The number of rotatable bonds is 10. The minimum absolute atomic E-state index is 0.0384. The molecule has 0 bridgehead atoms. The average molecular weight is 759 g/mol. The van der Waals surface area contributed by atoms with Crippen LogP contribution >= 0.6 is 0 Å². The van der Waals surface area contributed by atoms with Crippen LogP contribution in [0.3, 0.4) is 0 Å². The van der Waals surface area contributed by atoms with Crippen LogP contribution in [0.5, 0.6) is 0 Å². The molecule has 2 saturated heterocycles. The molecule has 8 atom stereocenters. The molecule has 0 N–H and O–H groups in total. The molecule has 0 radical (unpaired) electrons. The van der Waals surface area contributed by atoms with Crippen LogP contribution in [0.1, 0.15) is 54.0 Å². The Morgan fingerprint density at radius 1 is 0.574 bits per heavy atom. The van der Waals surface area contributed by atoms with Crippen LogP contribution in [0.4, 0.5) is 0 Å². The molecule has 0 unspecified atom stereocenters. The number of hydrogen-bond donors (Lipinski definition) is 0. The summed E-state index contributed by atoms with van der Waals surface area (Å²) in [6.07, 6.45) is -8.06. The lowest BCUT2D eigenvalue weighted by molar-refractivity contribution is -0.166. The van der Waals surface area contributed by atoms with E-state index in [1.54, 1.807) is 0 Å². The van der Waals surface area contributed by atoms with Gasteiger partial charge in [0.1, 0.15) is 36.7 Å². The normalized spacial score (nSPS) is 25.1. The van der Waals surface area contributed by atoms with Crippen LogP contribution in [0.2, 0.25) is 0 Å². The van der Waals surface area contributed by atoms with E-state index < -0.39 is 109 Å². The molecule has 22 nitrogen and oxygen atoms in total. The lowest BCUT2D eigenvalue weighted by Gasteiger charge is -2.24. The Balaban J connectivity index is 1.49. The van der Waals surface area contributed by atoms with Gasteiger partial charge in [0, 0.05) is 53.9 Å². The Kier molecular flexibility index (Phi) is 10.2. The molecule has 2 fully saturated rings. The van der Waals surface area contributed by atoms with E-state index in [0.717, 1.165) is 59.5 Å². The monoisotopic (exact) mass is 758 g/mol. The van der Waals surface area contributed by atoms with Gasteiger partial charge in [0.15, 0.2) is 48.2 Å². The van der Waals surface area contributed by atoms with Gasteiger partial charge in [0.2, 0.25) is 0 Å². The molecule has 0 amide bonds. The second-order valence-corrected chi connectivity index (χ2v) is 12.3. The van der Waals surface area contributed by atoms with Crippen LogP contribution in [0, 0.1) is 0 Å². The highest BCUT2D eigenvalue weighted by Gasteiger charge is 2.52. The Labute approximate surface area is 302 Å². The molecule has 22 heteroatoms. The van der Waals surface area contributed by atoms with Crippen molar-refractivity contribution in [3.8, 4) is 0 Å². The van der Waals surface area contributed by atoms with Crippen LogP contribution in [0.15, 0.2) is 34.1 Å². The van der Waals surface area contributed by atoms with Crippen LogP contribution < -0.4 is 11.4 Å². The topological polar surface area (TPSA) is 255 Å². The number of imidazole rings is 2. The second-order valence-electron chi connectivity index (χ2n) is 12.3. The zero-order valence-corrected chi connectivity index (χ0v) is 29.6. The minimum atomic E-state index is -1.44. The number of carbonyl (C=O) groups is 6. The summed E-state index contributed by atoms with van der Waals surface area (Å²) in [4.78, 5) is 109. The Bertz CT molecular complexity index is 2150. The predicted molar refractivity (Wildman–Crippen MR) is 173 cm³/mol. The molecule has 2 aliphatic rings.